The van der Waals surface area contributed by atoms with Crippen LogP contribution in [0.3, 0.4) is 0 Å². The summed E-state index contributed by atoms with van der Waals surface area (Å²) in [4.78, 5) is 4.63. The lowest BCUT2D eigenvalue weighted by atomic mass is 10.1. The molecular weight excluding hydrogens is 348 g/mol. The van der Waals surface area contributed by atoms with Crippen LogP contribution in [0.1, 0.15) is 51.3 Å². The van der Waals surface area contributed by atoms with Crippen LogP contribution in [0.2, 0.25) is 0 Å². The average molecular weight is 373 g/mol. The molecule has 1 heterocycles. The van der Waals surface area contributed by atoms with Crippen molar-refractivity contribution in [3.63, 3.8) is 0 Å². The zero-order chi connectivity index (χ0) is 17.2. The van der Waals surface area contributed by atoms with E-state index in [0.29, 0.717) is 17.7 Å². The third kappa shape index (κ3) is 4.01. The molecule has 0 N–H and O–H groups in total. The highest BCUT2D eigenvalue weighted by Gasteiger charge is 2.23. The van der Waals surface area contributed by atoms with Gasteiger partial charge in [0.25, 0.3) is 0 Å². The lowest BCUT2D eigenvalue weighted by Gasteiger charge is -2.09. The van der Waals surface area contributed by atoms with E-state index in [1.54, 1.807) is 0 Å². The summed E-state index contributed by atoms with van der Waals surface area (Å²) in [5.41, 5.74) is 0.997. The van der Waals surface area contributed by atoms with Crippen LogP contribution in [0.4, 0.5) is 0 Å². The number of aromatic nitrogens is 2. The third-order valence-electron chi connectivity index (χ3n) is 4.80. The highest BCUT2D eigenvalue weighted by atomic mass is 35.5. The van der Waals surface area contributed by atoms with Crippen molar-refractivity contribution in [3.8, 4) is 17.1 Å². The van der Waals surface area contributed by atoms with E-state index >= 15 is 0 Å². The van der Waals surface area contributed by atoms with Crippen molar-refractivity contribution in [1.82, 2.24) is 10.1 Å². The second kappa shape index (κ2) is 8.09. The van der Waals surface area contributed by atoms with Crippen molar-refractivity contribution in [2.75, 3.05) is 6.61 Å². The van der Waals surface area contributed by atoms with E-state index in [-0.39, 0.29) is 12.4 Å². The molecule has 26 heavy (non-hydrogen) atoms. The van der Waals surface area contributed by atoms with Gasteiger partial charge in [-0.25, -0.2) is 0 Å². The summed E-state index contributed by atoms with van der Waals surface area (Å²) in [5, 5.41) is 6.50. The first kappa shape index (κ1) is 18.7. The van der Waals surface area contributed by atoms with Gasteiger partial charge >= 0.3 is 0 Å². The van der Waals surface area contributed by atoms with Crippen molar-refractivity contribution in [3.05, 3.63) is 42.3 Å². The molecule has 3 aromatic rings. The number of rotatable bonds is 5. The summed E-state index contributed by atoms with van der Waals surface area (Å²) in [7, 11) is 0. The second-order valence-corrected chi connectivity index (χ2v) is 7.37. The van der Waals surface area contributed by atoms with Crippen LogP contribution in [0.5, 0.6) is 5.75 Å². The first-order chi connectivity index (χ1) is 12.2. The molecule has 138 valence electrons. The minimum absolute atomic E-state index is 0. The molecule has 0 aliphatic heterocycles. The smallest absolute Gasteiger partial charge is 0.230 e. The number of hydrogen-bond donors (Lipinski definition) is 0. The molecule has 0 bridgehead atoms. The molecule has 1 aromatic heterocycles. The van der Waals surface area contributed by atoms with Crippen LogP contribution in [0.15, 0.2) is 40.9 Å². The predicted molar refractivity (Wildman–Crippen MR) is 106 cm³/mol. The van der Waals surface area contributed by atoms with Gasteiger partial charge < -0.3 is 9.26 Å². The first-order valence-electron chi connectivity index (χ1n) is 9.19. The van der Waals surface area contributed by atoms with E-state index in [2.05, 4.69) is 54.3 Å². The number of ether oxygens (including phenoxy) is 1. The summed E-state index contributed by atoms with van der Waals surface area (Å²) < 4.78 is 11.3. The van der Waals surface area contributed by atoms with Crippen LogP contribution < -0.4 is 4.74 Å². The normalized spacial score (nSPS) is 14.7. The van der Waals surface area contributed by atoms with Gasteiger partial charge in [-0.15, -0.1) is 12.4 Å². The van der Waals surface area contributed by atoms with Crippen molar-refractivity contribution in [2.45, 2.75) is 45.4 Å². The van der Waals surface area contributed by atoms with E-state index in [0.717, 1.165) is 34.6 Å². The molecule has 0 spiro atoms. The Morgan fingerprint density at radius 1 is 1.08 bits per heavy atom. The molecule has 1 aliphatic rings. The quantitative estimate of drug-likeness (QED) is 0.550. The van der Waals surface area contributed by atoms with Crippen LogP contribution >= 0.6 is 12.4 Å². The Morgan fingerprint density at radius 3 is 2.58 bits per heavy atom. The van der Waals surface area contributed by atoms with Gasteiger partial charge in [0.15, 0.2) is 0 Å². The highest BCUT2D eigenvalue weighted by molar-refractivity contribution is 5.87. The fraction of sp³-hybridized carbons (Fsp3) is 0.429. The number of halogens is 1. The van der Waals surface area contributed by atoms with Gasteiger partial charge in [-0.2, -0.15) is 4.98 Å². The topological polar surface area (TPSA) is 48.2 Å². The summed E-state index contributed by atoms with van der Waals surface area (Å²) in [6, 6.07) is 12.5. The maximum atomic E-state index is 5.81. The molecular formula is C21H25ClN2O2. The van der Waals surface area contributed by atoms with E-state index in [1.807, 2.05) is 6.07 Å². The van der Waals surface area contributed by atoms with E-state index in [9.17, 15) is 0 Å². The summed E-state index contributed by atoms with van der Waals surface area (Å²) in [6.45, 7) is 5.03. The lowest BCUT2D eigenvalue weighted by molar-refractivity contribution is 0.271. The Kier molecular flexibility index (Phi) is 5.82. The standard InChI is InChI=1S/C21H24N2O2.ClH/c1-14(2)13-24-19-10-9-16-11-18(8-7-17(16)12-19)20-22-21(25-23-20)15-5-3-4-6-15;/h7-12,14-15H,3-6,13H2,1-2H3;1H. The van der Waals surface area contributed by atoms with Gasteiger partial charge in [0.1, 0.15) is 5.75 Å². The Bertz CT molecular complexity index is 869. The fourth-order valence-corrected chi connectivity index (χ4v) is 3.41. The van der Waals surface area contributed by atoms with Crippen LogP contribution in [0.25, 0.3) is 22.2 Å². The minimum atomic E-state index is 0. The predicted octanol–water partition coefficient (Wildman–Crippen LogP) is 6.00. The Morgan fingerprint density at radius 2 is 1.81 bits per heavy atom. The summed E-state index contributed by atoms with van der Waals surface area (Å²) in [6.07, 6.45) is 4.86. The van der Waals surface area contributed by atoms with Crippen molar-refractivity contribution in [2.24, 2.45) is 5.92 Å². The maximum absolute atomic E-state index is 5.81. The number of benzene rings is 2. The molecule has 0 amide bonds. The maximum Gasteiger partial charge on any atom is 0.230 e. The summed E-state index contributed by atoms with van der Waals surface area (Å²) >= 11 is 0. The molecule has 1 saturated carbocycles. The minimum Gasteiger partial charge on any atom is -0.493 e. The Hall–Kier alpha value is -2.07. The molecule has 2 aromatic carbocycles. The van der Waals surface area contributed by atoms with Gasteiger partial charge in [-0.3, -0.25) is 0 Å². The van der Waals surface area contributed by atoms with E-state index in [1.165, 1.54) is 25.7 Å². The first-order valence-corrected chi connectivity index (χ1v) is 9.19. The second-order valence-electron chi connectivity index (χ2n) is 7.37. The Balaban J connectivity index is 0.00000196. The van der Waals surface area contributed by atoms with E-state index < -0.39 is 0 Å². The SMILES string of the molecule is CC(C)COc1ccc2cc(-c3noc(C4CCCC4)n3)ccc2c1.Cl. The molecule has 4 nitrogen and oxygen atoms in total. The molecule has 0 atom stereocenters. The fourth-order valence-electron chi connectivity index (χ4n) is 3.41. The molecule has 0 unspecified atom stereocenters. The third-order valence-corrected chi connectivity index (χ3v) is 4.80. The zero-order valence-electron chi connectivity index (χ0n) is 15.3. The molecule has 5 heteroatoms. The van der Waals surface area contributed by atoms with Crippen LogP contribution in [0, 0.1) is 5.92 Å². The van der Waals surface area contributed by atoms with Crippen molar-refractivity contribution in [1.29, 1.82) is 0 Å². The largest absolute Gasteiger partial charge is 0.493 e. The lowest BCUT2D eigenvalue weighted by Crippen LogP contribution is -2.04. The highest BCUT2D eigenvalue weighted by Crippen LogP contribution is 2.34. The monoisotopic (exact) mass is 372 g/mol. The zero-order valence-corrected chi connectivity index (χ0v) is 16.1. The summed E-state index contributed by atoms with van der Waals surface area (Å²) in [5.74, 6) is 3.36. The van der Waals surface area contributed by atoms with Crippen molar-refractivity contribution >= 4 is 23.2 Å². The van der Waals surface area contributed by atoms with Crippen LogP contribution in [-0.2, 0) is 0 Å². The van der Waals surface area contributed by atoms with Crippen molar-refractivity contribution < 1.29 is 9.26 Å². The number of hydrogen-bond acceptors (Lipinski definition) is 4. The Labute approximate surface area is 160 Å². The molecule has 4 rings (SSSR count). The van der Waals surface area contributed by atoms with Crippen LogP contribution in [-0.4, -0.2) is 16.7 Å². The van der Waals surface area contributed by atoms with Gasteiger partial charge in [0, 0.05) is 11.5 Å². The molecule has 1 fully saturated rings. The van der Waals surface area contributed by atoms with Gasteiger partial charge in [0.05, 0.1) is 6.61 Å². The molecule has 1 aliphatic carbocycles. The van der Waals surface area contributed by atoms with E-state index in [4.69, 9.17) is 9.26 Å². The van der Waals surface area contributed by atoms with Gasteiger partial charge in [-0.05, 0) is 47.7 Å². The van der Waals surface area contributed by atoms with Gasteiger partial charge in [0.2, 0.25) is 11.7 Å². The molecule has 0 radical (unpaired) electrons. The van der Waals surface area contributed by atoms with Gasteiger partial charge in [-0.1, -0.05) is 50.0 Å². The number of fused-ring (bicyclic) bond motifs is 1. The average Bonchev–Trinajstić information content (AvgIpc) is 3.30. The molecule has 0 saturated heterocycles. The number of nitrogens with zero attached hydrogens (tertiary/aromatic N) is 2.